The summed E-state index contributed by atoms with van der Waals surface area (Å²) in [7, 11) is -0.0907. The Kier molecular flexibility index (Phi) is 8.92. The molecule has 2 aromatic carbocycles. The first-order valence-electron chi connectivity index (χ1n) is 14.1. The Balaban J connectivity index is 1.47. The van der Waals surface area contributed by atoms with Crippen molar-refractivity contribution in [3.8, 4) is 21.8 Å². The molecule has 0 spiro atoms. The van der Waals surface area contributed by atoms with E-state index >= 15 is 0 Å². The number of likely N-dealkylation sites (tertiary alicyclic amines) is 1. The number of aromatic nitrogens is 3. The number of nitrogens with one attached hydrogen (secondary N) is 2. The first-order valence-corrected chi connectivity index (χ1v) is 16.1. The average Bonchev–Trinajstić information content (AvgIpc) is 3.40. The minimum atomic E-state index is -2.25. The molecule has 2 N–H and O–H groups in total. The molecule has 228 valence electrons. The number of hydrogen-bond donors (Lipinski definition) is 2. The van der Waals surface area contributed by atoms with Crippen molar-refractivity contribution >= 4 is 34.0 Å². The van der Waals surface area contributed by atoms with Gasteiger partial charge in [-0.05, 0) is 83.1 Å². The van der Waals surface area contributed by atoms with Gasteiger partial charge in [-0.1, -0.05) is 13.8 Å². The maximum Gasteiger partial charge on any atom is 0.223 e. The summed E-state index contributed by atoms with van der Waals surface area (Å²) in [6.45, 7) is 10.8. The van der Waals surface area contributed by atoms with E-state index < -0.39 is 33.3 Å². The predicted molar refractivity (Wildman–Crippen MR) is 167 cm³/mol. The fourth-order valence-corrected chi connectivity index (χ4v) is 7.31. The van der Waals surface area contributed by atoms with Crippen molar-refractivity contribution in [1.82, 2.24) is 19.9 Å². The molecule has 3 heterocycles. The van der Waals surface area contributed by atoms with E-state index in [1.54, 1.807) is 12.3 Å². The molecule has 1 aliphatic rings. The summed E-state index contributed by atoms with van der Waals surface area (Å²) >= 11 is 1.49. The zero-order valence-electron chi connectivity index (χ0n) is 24.9. The van der Waals surface area contributed by atoms with Crippen molar-refractivity contribution in [2.45, 2.75) is 75.9 Å². The monoisotopic (exact) mass is 628 g/mol. The second kappa shape index (κ2) is 12.3. The quantitative estimate of drug-likeness (QED) is 0.209. The lowest BCUT2D eigenvalue weighted by Crippen LogP contribution is -2.55. The van der Waals surface area contributed by atoms with Crippen LogP contribution in [0, 0.1) is 17.5 Å². The van der Waals surface area contributed by atoms with Crippen molar-refractivity contribution in [3.63, 3.8) is 0 Å². The Bertz CT molecular complexity index is 1660. The molecule has 0 aliphatic carbocycles. The lowest BCUT2D eigenvalue weighted by Gasteiger charge is -2.47. The highest BCUT2D eigenvalue weighted by Crippen LogP contribution is 2.40. The highest BCUT2D eigenvalue weighted by molar-refractivity contribution is 7.86. The van der Waals surface area contributed by atoms with Gasteiger partial charge in [0.05, 0.1) is 31.9 Å². The van der Waals surface area contributed by atoms with Gasteiger partial charge in [-0.25, -0.2) is 32.3 Å². The third-order valence-corrected chi connectivity index (χ3v) is 10.4. The zero-order chi connectivity index (χ0) is 31.1. The minimum Gasteiger partial charge on any atom is -0.351 e. The number of hydrogen-bond acceptors (Lipinski definition) is 7. The van der Waals surface area contributed by atoms with Gasteiger partial charge in [-0.15, -0.1) is 11.3 Å². The summed E-state index contributed by atoms with van der Waals surface area (Å²) in [6.07, 6.45) is 3.61. The van der Waals surface area contributed by atoms with Crippen molar-refractivity contribution in [2.75, 3.05) is 17.1 Å². The van der Waals surface area contributed by atoms with Gasteiger partial charge in [0.25, 0.3) is 0 Å². The molecule has 4 aromatic rings. The van der Waals surface area contributed by atoms with Crippen LogP contribution in [0.2, 0.25) is 0 Å². The van der Waals surface area contributed by atoms with E-state index in [1.807, 2.05) is 19.9 Å². The largest absolute Gasteiger partial charge is 0.351 e. The van der Waals surface area contributed by atoms with E-state index in [-0.39, 0.29) is 23.2 Å². The first-order chi connectivity index (χ1) is 20.3. The molecule has 1 aliphatic heterocycles. The third-order valence-electron chi connectivity index (χ3n) is 7.88. The van der Waals surface area contributed by atoms with E-state index in [0.29, 0.717) is 28.9 Å². The van der Waals surface area contributed by atoms with Gasteiger partial charge in [0, 0.05) is 35.3 Å². The molecule has 2 aromatic heterocycles. The molecule has 3 unspecified atom stereocenters. The van der Waals surface area contributed by atoms with E-state index in [9.17, 15) is 17.4 Å². The summed E-state index contributed by atoms with van der Waals surface area (Å²) in [4.78, 5) is 17.0. The van der Waals surface area contributed by atoms with Crippen LogP contribution in [-0.4, -0.2) is 48.7 Å². The number of thiazole rings is 1. The highest BCUT2D eigenvalue weighted by atomic mass is 32.2. The second-order valence-electron chi connectivity index (χ2n) is 11.8. The molecular weight excluding hydrogens is 594 g/mol. The minimum absolute atomic E-state index is 0.0301. The van der Waals surface area contributed by atoms with Gasteiger partial charge < -0.3 is 5.32 Å². The maximum absolute atomic E-state index is 14.9. The van der Waals surface area contributed by atoms with E-state index in [4.69, 9.17) is 9.97 Å². The van der Waals surface area contributed by atoms with Crippen LogP contribution in [0.3, 0.4) is 0 Å². The lowest BCUT2D eigenvalue weighted by molar-refractivity contribution is 0.0529. The number of rotatable bonds is 8. The molecular formula is C31H35F3N6OS2. The van der Waals surface area contributed by atoms with Gasteiger partial charge >= 0.3 is 0 Å². The molecule has 0 amide bonds. The van der Waals surface area contributed by atoms with Crippen LogP contribution < -0.4 is 10.0 Å². The molecule has 3 atom stereocenters. The predicted octanol–water partition coefficient (Wildman–Crippen LogP) is 7.62. The summed E-state index contributed by atoms with van der Waals surface area (Å²) in [5.41, 5.74) is 1.70. The molecule has 0 saturated carbocycles. The Morgan fingerprint density at radius 1 is 1.07 bits per heavy atom. The van der Waals surface area contributed by atoms with Gasteiger partial charge in [0.2, 0.25) is 5.95 Å². The van der Waals surface area contributed by atoms with Crippen LogP contribution in [0.25, 0.3) is 21.8 Å². The molecule has 5 rings (SSSR count). The van der Waals surface area contributed by atoms with Gasteiger partial charge in [-0.2, -0.15) is 0 Å². The van der Waals surface area contributed by atoms with Crippen molar-refractivity contribution < 1.29 is 17.4 Å². The molecule has 0 bridgehead atoms. The SMILES string of the molecule is CC(C)c1nc(-c2ccc(F)c(NS(=O)c3cc(F)ccc3F)c2)c(-c2ccnc(NC3CC(C)N(C)C(C)(C)C3)n2)s1. The highest BCUT2D eigenvalue weighted by Gasteiger charge is 2.36. The second-order valence-corrected chi connectivity index (χ2v) is 14.1. The van der Waals surface area contributed by atoms with Crippen molar-refractivity contribution in [2.24, 2.45) is 0 Å². The fourth-order valence-electron chi connectivity index (χ4n) is 5.32. The molecule has 7 nitrogen and oxygen atoms in total. The summed E-state index contributed by atoms with van der Waals surface area (Å²) in [5, 5.41) is 4.40. The normalized spacial score (nSPS) is 19.4. The lowest BCUT2D eigenvalue weighted by atomic mass is 9.84. The van der Waals surface area contributed by atoms with Crippen LogP contribution in [0.1, 0.15) is 58.4 Å². The molecule has 1 fully saturated rings. The van der Waals surface area contributed by atoms with Crippen LogP contribution >= 0.6 is 11.3 Å². The average molecular weight is 629 g/mol. The number of benzene rings is 2. The van der Waals surface area contributed by atoms with Crippen LogP contribution in [0.15, 0.2) is 53.6 Å². The van der Waals surface area contributed by atoms with Crippen molar-refractivity contribution in [1.29, 1.82) is 0 Å². The molecule has 12 heteroatoms. The number of piperidine rings is 1. The number of anilines is 2. The third kappa shape index (κ3) is 6.76. The van der Waals surface area contributed by atoms with E-state index in [1.165, 1.54) is 23.5 Å². The summed E-state index contributed by atoms with van der Waals surface area (Å²) < 4.78 is 58.1. The van der Waals surface area contributed by atoms with Crippen molar-refractivity contribution in [3.05, 3.63) is 71.1 Å². The van der Waals surface area contributed by atoms with Gasteiger partial charge in [0.15, 0.2) is 11.0 Å². The number of nitrogens with zero attached hydrogens (tertiary/aromatic N) is 4. The van der Waals surface area contributed by atoms with E-state index in [0.717, 1.165) is 40.9 Å². The van der Waals surface area contributed by atoms with Crippen LogP contribution in [-0.2, 0) is 11.0 Å². The van der Waals surface area contributed by atoms with E-state index in [2.05, 4.69) is 47.7 Å². The van der Waals surface area contributed by atoms with Gasteiger partial charge in [0.1, 0.15) is 17.5 Å². The maximum atomic E-state index is 14.9. The standard InChI is InChI=1S/C31H35F3N6OS2/c1-17(2)29-38-27(19-7-9-22(33)25(14-19)39-43(41)26-15-20(32)8-10-23(26)34)28(42-29)24-11-12-35-30(37-24)36-21-13-18(3)40(6)31(4,5)16-21/h7-12,14-15,17-18,21,39H,13,16H2,1-6H3,(H,35,36,37). The fraction of sp³-hybridized carbons (Fsp3) is 0.387. The molecule has 43 heavy (non-hydrogen) atoms. The topological polar surface area (TPSA) is 83.0 Å². The Hall–Kier alpha value is -3.35. The van der Waals surface area contributed by atoms with Gasteiger partial charge in [-0.3, -0.25) is 9.62 Å². The first kappa shape index (κ1) is 31.1. The smallest absolute Gasteiger partial charge is 0.223 e. The zero-order valence-corrected chi connectivity index (χ0v) is 26.5. The Morgan fingerprint density at radius 2 is 1.81 bits per heavy atom. The number of halogens is 3. The summed E-state index contributed by atoms with van der Waals surface area (Å²) in [6, 6.07) is 9.33. The van der Waals surface area contributed by atoms with Crippen LogP contribution in [0.4, 0.5) is 24.8 Å². The molecule has 1 saturated heterocycles. The Labute approximate surface area is 256 Å². The Morgan fingerprint density at radius 3 is 2.53 bits per heavy atom. The summed E-state index contributed by atoms with van der Waals surface area (Å²) in [5.74, 6) is -1.66. The van der Waals surface area contributed by atoms with Crippen LogP contribution in [0.5, 0.6) is 0 Å². The molecule has 0 radical (unpaired) electrons.